The third-order valence-electron chi connectivity index (χ3n) is 3.27. The molecular formula is C14H17FN2O3. The summed E-state index contributed by atoms with van der Waals surface area (Å²) in [6.45, 7) is 1.75. The van der Waals surface area contributed by atoms with Crippen LogP contribution in [0.5, 0.6) is 0 Å². The van der Waals surface area contributed by atoms with Gasteiger partial charge in [0.25, 0.3) is 0 Å². The molecule has 1 aromatic rings. The van der Waals surface area contributed by atoms with Gasteiger partial charge in [-0.05, 0) is 43.4 Å². The Morgan fingerprint density at radius 3 is 2.70 bits per heavy atom. The number of halogens is 1. The second-order valence-electron chi connectivity index (χ2n) is 5.12. The average Bonchev–Trinajstić information content (AvgIpc) is 3.15. The summed E-state index contributed by atoms with van der Waals surface area (Å²) >= 11 is 0. The first-order chi connectivity index (χ1) is 9.45. The van der Waals surface area contributed by atoms with E-state index >= 15 is 0 Å². The fourth-order valence-corrected chi connectivity index (χ4v) is 2.07. The van der Waals surface area contributed by atoms with Crippen LogP contribution >= 0.6 is 0 Å². The quantitative estimate of drug-likeness (QED) is 0.775. The largest absolute Gasteiger partial charge is 0.481 e. The zero-order valence-electron chi connectivity index (χ0n) is 11.1. The maximum atomic E-state index is 13.6. The van der Waals surface area contributed by atoms with Gasteiger partial charge in [-0.2, -0.15) is 0 Å². The van der Waals surface area contributed by atoms with Crippen LogP contribution in [0.4, 0.5) is 14.9 Å². The van der Waals surface area contributed by atoms with Crippen molar-refractivity contribution >= 4 is 17.7 Å². The van der Waals surface area contributed by atoms with E-state index in [1.54, 1.807) is 13.0 Å². The van der Waals surface area contributed by atoms with E-state index in [4.69, 9.17) is 5.11 Å². The summed E-state index contributed by atoms with van der Waals surface area (Å²) in [4.78, 5) is 22.5. The Bertz CT molecular complexity index is 529. The highest BCUT2D eigenvalue weighted by Crippen LogP contribution is 2.34. The molecule has 1 aromatic carbocycles. The SMILES string of the molecule is Cc1ccc(NC(=O)NC(CC(=O)O)C2CC2)c(F)c1. The first-order valence-corrected chi connectivity index (χ1v) is 6.51. The molecule has 0 radical (unpaired) electrons. The van der Waals surface area contributed by atoms with Crippen LogP contribution in [0.2, 0.25) is 0 Å². The smallest absolute Gasteiger partial charge is 0.319 e. The van der Waals surface area contributed by atoms with Gasteiger partial charge in [0.15, 0.2) is 0 Å². The van der Waals surface area contributed by atoms with E-state index in [9.17, 15) is 14.0 Å². The molecule has 0 aromatic heterocycles. The van der Waals surface area contributed by atoms with Crippen LogP contribution in [-0.2, 0) is 4.79 Å². The molecule has 1 aliphatic carbocycles. The minimum Gasteiger partial charge on any atom is -0.481 e. The van der Waals surface area contributed by atoms with Crippen LogP contribution in [0, 0.1) is 18.7 Å². The highest BCUT2D eigenvalue weighted by Gasteiger charge is 2.33. The van der Waals surface area contributed by atoms with Crippen molar-refractivity contribution in [3.63, 3.8) is 0 Å². The standard InChI is InChI=1S/C14H17FN2O3/c1-8-2-5-11(10(15)6-8)16-14(20)17-12(7-13(18)19)9-3-4-9/h2,5-6,9,12H,3-4,7H2,1H3,(H,18,19)(H2,16,17,20). The summed E-state index contributed by atoms with van der Waals surface area (Å²) in [6.07, 6.45) is 1.71. The van der Waals surface area contributed by atoms with Crippen LogP contribution in [0.25, 0.3) is 0 Å². The fraction of sp³-hybridized carbons (Fsp3) is 0.429. The minimum absolute atomic E-state index is 0.0815. The van der Waals surface area contributed by atoms with Crippen molar-refractivity contribution in [3.05, 3.63) is 29.6 Å². The number of benzene rings is 1. The Morgan fingerprint density at radius 2 is 2.15 bits per heavy atom. The van der Waals surface area contributed by atoms with E-state index in [0.717, 1.165) is 18.4 Å². The van der Waals surface area contributed by atoms with E-state index in [1.807, 2.05) is 0 Å². The Kier molecular flexibility index (Phi) is 4.22. The third-order valence-corrected chi connectivity index (χ3v) is 3.27. The van der Waals surface area contributed by atoms with Crippen LogP contribution in [0.15, 0.2) is 18.2 Å². The van der Waals surface area contributed by atoms with E-state index in [1.165, 1.54) is 12.1 Å². The second-order valence-corrected chi connectivity index (χ2v) is 5.12. The van der Waals surface area contributed by atoms with Crippen LogP contribution in [0.1, 0.15) is 24.8 Å². The summed E-state index contributed by atoms with van der Waals surface area (Å²) in [5.74, 6) is -1.26. The van der Waals surface area contributed by atoms with Gasteiger partial charge in [0.1, 0.15) is 5.82 Å². The molecule has 108 valence electrons. The number of aryl methyl sites for hydroxylation is 1. The number of hydrogen-bond acceptors (Lipinski definition) is 2. The number of amides is 2. The molecule has 5 nitrogen and oxygen atoms in total. The van der Waals surface area contributed by atoms with Crippen molar-refractivity contribution < 1.29 is 19.1 Å². The maximum absolute atomic E-state index is 13.6. The highest BCUT2D eigenvalue weighted by molar-refractivity contribution is 5.90. The van der Waals surface area contributed by atoms with E-state index in [2.05, 4.69) is 10.6 Å². The van der Waals surface area contributed by atoms with E-state index in [0.29, 0.717) is 0 Å². The number of rotatable bonds is 5. The molecule has 20 heavy (non-hydrogen) atoms. The molecule has 0 heterocycles. The van der Waals surface area contributed by atoms with Gasteiger partial charge in [-0.3, -0.25) is 4.79 Å². The maximum Gasteiger partial charge on any atom is 0.319 e. The number of carbonyl (C=O) groups excluding carboxylic acids is 1. The summed E-state index contributed by atoms with van der Waals surface area (Å²) in [5.41, 5.74) is 0.841. The van der Waals surface area contributed by atoms with Gasteiger partial charge >= 0.3 is 12.0 Å². The monoisotopic (exact) mass is 280 g/mol. The number of aliphatic carboxylic acids is 1. The zero-order valence-corrected chi connectivity index (χ0v) is 11.1. The second kappa shape index (κ2) is 5.90. The molecule has 6 heteroatoms. The van der Waals surface area contributed by atoms with E-state index in [-0.39, 0.29) is 18.0 Å². The zero-order chi connectivity index (χ0) is 14.7. The van der Waals surface area contributed by atoms with Crippen LogP contribution in [-0.4, -0.2) is 23.1 Å². The van der Waals surface area contributed by atoms with Crippen molar-refractivity contribution in [2.24, 2.45) is 5.92 Å². The summed E-state index contributed by atoms with van der Waals surface area (Å²) in [7, 11) is 0. The van der Waals surface area contributed by atoms with Gasteiger partial charge in [0.2, 0.25) is 0 Å². The Hall–Kier alpha value is -2.11. The van der Waals surface area contributed by atoms with Crippen molar-refractivity contribution in [2.45, 2.75) is 32.2 Å². The van der Waals surface area contributed by atoms with Crippen molar-refractivity contribution in [1.29, 1.82) is 0 Å². The molecular weight excluding hydrogens is 263 g/mol. The third kappa shape index (κ3) is 3.94. The molecule has 0 saturated heterocycles. The average molecular weight is 280 g/mol. The molecule has 0 spiro atoms. The summed E-state index contributed by atoms with van der Waals surface area (Å²) in [5, 5.41) is 13.8. The van der Waals surface area contributed by atoms with Gasteiger partial charge in [-0.15, -0.1) is 0 Å². The number of hydrogen-bond donors (Lipinski definition) is 3. The molecule has 0 aliphatic heterocycles. The van der Waals surface area contributed by atoms with Crippen molar-refractivity contribution in [1.82, 2.24) is 5.32 Å². The van der Waals surface area contributed by atoms with Crippen molar-refractivity contribution in [3.8, 4) is 0 Å². The number of carboxylic acids is 1. The lowest BCUT2D eigenvalue weighted by atomic mass is 10.1. The Balaban J connectivity index is 1.95. The number of anilines is 1. The number of carboxylic acid groups (broad SMARTS) is 1. The number of urea groups is 1. The van der Waals surface area contributed by atoms with Gasteiger partial charge in [-0.1, -0.05) is 6.07 Å². The molecule has 1 aliphatic rings. The normalized spacial score (nSPS) is 15.5. The van der Waals surface area contributed by atoms with Crippen LogP contribution in [0.3, 0.4) is 0 Å². The minimum atomic E-state index is -0.955. The predicted octanol–water partition coefficient (Wildman–Crippen LogP) is 2.51. The number of nitrogens with one attached hydrogen (secondary N) is 2. The van der Waals surface area contributed by atoms with Crippen LogP contribution < -0.4 is 10.6 Å². The van der Waals surface area contributed by atoms with Gasteiger partial charge in [-0.25, -0.2) is 9.18 Å². The molecule has 0 bridgehead atoms. The first kappa shape index (κ1) is 14.3. The molecule has 1 atom stereocenters. The number of carbonyl (C=O) groups is 2. The van der Waals surface area contributed by atoms with Crippen molar-refractivity contribution in [2.75, 3.05) is 5.32 Å². The highest BCUT2D eigenvalue weighted by atomic mass is 19.1. The molecule has 2 rings (SSSR count). The fourth-order valence-electron chi connectivity index (χ4n) is 2.07. The lowest BCUT2D eigenvalue weighted by Gasteiger charge is -2.17. The lowest BCUT2D eigenvalue weighted by molar-refractivity contribution is -0.137. The molecule has 1 unspecified atom stereocenters. The summed E-state index contributed by atoms with van der Waals surface area (Å²) in [6, 6.07) is 3.51. The first-order valence-electron chi connectivity index (χ1n) is 6.51. The topological polar surface area (TPSA) is 78.4 Å². The molecule has 1 fully saturated rings. The van der Waals surface area contributed by atoms with Gasteiger partial charge in [0, 0.05) is 6.04 Å². The molecule has 2 amide bonds. The lowest BCUT2D eigenvalue weighted by Crippen LogP contribution is -2.40. The van der Waals surface area contributed by atoms with Gasteiger partial charge < -0.3 is 15.7 Å². The molecule has 1 saturated carbocycles. The van der Waals surface area contributed by atoms with Gasteiger partial charge in [0.05, 0.1) is 12.1 Å². The Morgan fingerprint density at radius 1 is 1.45 bits per heavy atom. The Labute approximate surface area is 116 Å². The molecule has 3 N–H and O–H groups in total. The predicted molar refractivity (Wildman–Crippen MR) is 72.1 cm³/mol. The van der Waals surface area contributed by atoms with E-state index < -0.39 is 23.9 Å². The summed E-state index contributed by atoms with van der Waals surface area (Å²) < 4.78 is 13.6.